The van der Waals surface area contributed by atoms with Gasteiger partial charge in [-0.2, -0.15) is 4.98 Å². The highest BCUT2D eigenvalue weighted by atomic mass is 16.5. The third-order valence-corrected chi connectivity index (χ3v) is 3.62. The molecule has 1 fully saturated rings. The molecule has 23 heavy (non-hydrogen) atoms. The average Bonchev–Trinajstić information content (AvgIpc) is 3.09. The van der Waals surface area contributed by atoms with E-state index in [4.69, 9.17) is 9.47 Å². The Morgan fingerprint density at radius 2 is 2.22 bits per heavy atom. The average molecular weight is 314 g/mol. The van der Waals surface area contributed by atoms with Gasteiger partial charge in [0.15, 0.2) is 0 Å². The van der Waals surface area contributed by atoms with Gasteiger partial charge in [0.1, 0.15) is 11.6 Å². The molecule has 0 bridgehead atoms. The van der Waals surface area contributed by atoms with E-state index >= 15 is 0 Å². The summed E-state index contributed by atoms with van der Waals surface area (Å²) in [7, 11) is 0. The second-order valence-corrected chi connectivity index (χ2v) is 5.34. The fraction of sp³-hybridized carbons (Fsp3) is 0.412. The summed E-state index contributed by atoms with van der Waals surface area (Å²) >= 11 is 0. The van der Waals surface area contributed by atoms with Crippen molar-refractivity contribution in [2.24, 2.45) is 0 Å². The molecule has 0 radical (unpaired) electrons. The third kappa shape index (κ3) is 4.32. The maximum absolute atomic E-state index is 5.62. The number of para-hydroxylation sites is 2. The maximum atomic E-state index is 5.62. The van der Waals surface area contributed by atoms with Crippen LogP contribution in [0.25, 0.3) is 0 Å². The van der Waals surface area contributed by atoms with Crippen molar-refractivity contribution in [3.8, 4) is 5.75 Å². The molecular formula is C17H22N4O2. The smallest absolute Gasteiger partial charge is 0.224 e. The Balaban J connectivity index is 1.65. The number of anilines is 3. The van der Waals surface area contributed by atoms with E-state index in [-0.39, 0.29) is 6.10 Å². The molecule has 122 valence electrons. The van der Waals surface area contributed by atoms with E-state index < -0.39 is 0 Å². The van der Waals surface area contributed by atoms with Crippen LogP contribution in [0.15, 0.2) is 36.5 Å². The minimum Gasteiger partial charge on any atom is -0.492 e. The van der Waals surface area contributed by atoms with E-state index in [2.05, 4.69) is 20.6 Å². The van der Waals surface area contributed by atoms with E-state index in [0.29, 0.717) is 12.6 Å². The Morgan fingerprint density at radius 3 is 3.04 bits per heavy atom. The summed E-state index contributed by atoms with van der Waals surface area (Å²) in [6.07, 6.45) is 4.21. The van der Waals surface area contributed by atoms with Crippen LogP contribution in [0.1, 0.15) is 19.8 Å². The molecule has 1 atom stereocenters. The Morgan fingerprint density at radius 1 is 1.30 bits per heavy atom. The zero-order chi connectivity index (χ0) is 15.9. The number of aromatic nitrogens is 2. The van der Waals surface area contributed by atoms with Gasteiger partial charge in [-0.15, -0.1) is 0 Å². The number of ether oxygens (including phenoxy) is 2. The van der Waals surface area contributed by atoms with Gasteiger partial charge < -0.3 is 20.1 Å². The molecule has 1 aliphatic rings. The summed E-state index contributed by atoms with van der Waals surface area (Å²) in [6, 6.07) is 9.64. The highest BCUT2D eigenvalue weighted by molar-refractivity contribution is 5.64. The van der Waals surface area contributed by atoms with Gasteiger partial charge in [-0.25, -0.2) is 4.98 Å². The Kier molecular flexibility index (Phi) is 5.26. The first-order chi connectivity index (χ1) is 11.3. The van der Waals surface area contributed by atoms with E-state index in [1.807, 2.05) is 37.3 Å². The molecular weight excluding hydrogens is 292 g/mol. The zero-order valence-corrected chi connectivity index (χ0v) is 13.3. The molecule has 1 unspecified atom stereocenters. The number of benzene rings is 1. The molecule has 2 heterocycles. The van der Waals surface area contributed by atoms with Crippen LogP contribution >= 0.6 is 0 Å². The van der Waals surface area contributed by atoms with Crippen molar-refractivity contribution < 1.29 is 9.47 Å². The lowest BCUT2D eigenvalue weighted by Crippen LogP contribution is -2.19. The summed E-state index contributed by atoms with van der Waals surface area (Å²) < 4.78 is 11.2. The lowest BCUT2D eigenvalue weighted by Gasteiger charge is -2.13. The van der Waals surface area contributed by atoms with Gasteiger partial charge in [-0.3, -0.25) is 0 Å². The summed E-state index contributed by atoms with van der Waals surface area (Å²) in [5.74, 6) is 2.13. The van der Waals surface area contributed by atoms with Crippen molar-refractivity contribution in [1.29, 1.82) is 0 Å². The molecule has 2 N–H and O–H groups in total. The van der Waals surface area contributed by atoms with Crippen LogP contribution in [-0.2, 0) is 4.74 Å². The van der Waals surface area contributed by atoms with E-state index in [1.54, 1.807) is 6.20 Å². The van der Waals surface area contributed by atoms with Crippen LogP contribution in [0.3, 0.4) is 0 Å². The van der Waals surface area contributed by atoms with Gasteiger partial charge in [-0.05, 0) is 38.0 Å². The lowest BCUT2D eigenvalue weighted by atomic mass is 10.2. The van der Waals surface area contributed by atoms with Gasteiger partial charge in [-0.1, -0.05) is 12.1 Å². The Hall–Kier alpha value is -2.34. The first-order valence-corrected chi connectivity index (χ1v) is 8.02. The molecule has 2 aromatic rings. The van der Waals surface area contributed by atoms with Crippen molar-refractivity contribution in [2.75, 3.05) is 30.4 Å². The molecule has 3 rings (SSSR count). The Bertz CT molecular complexity index is 629. The second kappa shape index (κ2) is 7.78. The number of nitrogens with one attached hydrogen (secondary N) is 2. The van der Waals surface area contributed by atoms with Crippen molar-refractivity contribution in [2.45, 2.75) is 25.9 Å². The van der Waals surface area contributed by atoms with Crippen molar-refractivity contribution in [3.63, 3.8) is 0 Å². The predicted molar refractivity (Wildman–Crippen MR) is 90.4 cm³/mol. The lowest BCUT2D eigenvalue weighted by molar-refractivity contribution is 0.120. The minimum atomic E-state index is 0.258. The zero-order valence-electron chi connectivity index (χ0n) is 13.3. The normalized spacial score (nSPS) is 17.0. The number of hydrogen-bond acceptors (Lipinski definition) is 6. The first kappa shape index (κ1) is 15.6. The topological polar surface area (TPSA) is 68.3 Å². The molecule has 1 aromatic carbocycles. The number of nitrogens with zero attached hydrogens (tertiary/aromatic N) is 2. The number of rotatable bonds is 7. The van der Waals surface area contributed by atoms with E-state index in [9.17, 15) is 0 Å². The molecule has 6 nitrogen and oxygen atoms in total. The van der Waals surface area contributed by atoms with E-state index in [1.165, 1.54) is 0 Å². The van der Waals surface area contributed by atoms with Gasteiger partial charge in [0.05, 0.1) is 18.4 Å². The van der Waals surface area contributed by atoms with Gasteiger partial charge in [0.2, 0.25) is 5.95 Å². The van der Waals surface area contributed by atoms with Crippen molar-refractivity contribution >= 4 is 17.5 Å². The van der Waals surface area contributed by atoms with Crippen LogP contribution in [-0.4, -0.2) is 35.8 Å². The largest absolute Gasteiger partial charge is 0.492 e. The second-order valence-electron chi connectivity index (χ2n) is 5.34. The summed E-state index contributed by atoms with van der Waals surface area (Å²) in [4.78, 5) is 8.74. The predicted octanol–water partition coefficient (Wildman–Crippen LogP) is 3.21. The molecule has 0 saturated carbocycles. The molecule has 0 spiro atoms. The molecule has 0 amide bonds. The van der Waals surface area contributed by atoms with Crippen LogP contribution in [0, 0.1) is 0 Å². The highest BCUT2D eigenvalue weighted by Crippen LogP contribution is 2.26. The summed E-state index contributed by atoms with van der Waals surface area (Å²) in [5.41, 5.74) is 0.887. The summed E-state index contributed by atoms with van der Waals surface area (Å²) in [6.45, 7) is 4.17. The fourth-order valence-corrected chi connectivity index (χ4v) is 2.51. The number of hydrogen-bond donors (Lipinski definition) is 2. The maximum Gasteiger partial charge on any atom is 0.224 e. The SMILES string of the molecule is CCOc1ccccc1Nc1ccnc(NCC2CCCO2)n1. The molecule has 6 heteroatoms. The fourth-order valence-electron chi connectivity index (χ4n) is 2.51. The van der Waals surface area contributed by atoms with Crippen molar-refractivity contribution in [3.05, 3.63) is 36.5 Å². The highest BCUT2D eigenvalue weighted by Gasteiger charge is 2.15. The van der Waals surface area contributed by atoms with Gasteiger partial charge in [0, 0.05) is 19.3 Å². The molecule has 1 aliphatic heterocycles. The van der Waals surface area contributed by atoms with Crippen LogP contribution in [0.5, 0.6) is 5.75 Å². The first-order valence-electron chi connectivity index (χ1n) is 8.02. The molecule has 1 aromatic heterocycles. The molecule has 0 aliphatic carbocycles. The molecule has 1 saturated heterocycles. The summed E-state index contributed by atoms with van der Waals surface area (Å²) in [5, 5.41) is 6.51. The monoisotopic (exact) mass is 314 g/mol. The van der Waals surface area contributed by atoms with Crippen molar-refractivity contribution in [1.82, 2.24) is 9.97 Å². The van der Waals surface area contributed by atoms with E-state index in [0.717, 1.165) is 43.2 Å². The Labute approximate surface area is 136 Å². The third-order valence-electron chi connectivity index (χ3n) is 3.62. The van der Waals surface area contributed by atoms with Crippen LogP contribution < -0.4 is 15.4 Å². The van der Waals surface area contributed by atoms with Gasteiger partial charge in [0.25, 0.3) is 0 Å². The van der Waals surface area contributed by atoms with Crippen LogP contribution in [0.4, 0.5) is 17.5 Å². The quantitative estimate of drug-likeness (QED) is 0.818. The minimum absolute atomic E-state index is 0.258. The standard InChI is InChI=1S/C17H22N4O2/c1-2-22-15-8-4-3-7-14(15)20-16-9-10-18-17(21-16)19-12-13-6-5-11-23-13/h3-4,7-10,13H,2,5-6,11-12H2,1H3,(H2,18,19,20,21). The van der Waals surface area contributed by atoms with Gasteiger partial charge >= 0.3 is 0 Å². The van der Waals surface area contributed by atoms with Crippen LogP contribution in [0.2, 0.25) is 0 Å².